The highest BCUT2D eigenvalue weighted by Gasteiger charge is 2.42. The lowest BCUT2D eigenvalue weighted by molar-refractivity contribution is -0.166. The number of hydrogen-bond donors (Lipinski definition) is 1. The third kappa shape index (κ3) is 1.91. The van der Waals surface area contributed by atoms with Gasteiger partial charge in [-0.15, -0.1) is 0 Å². The summed E-state index contributed by atoms with van der Waals surface area (Å²) in [7, 11) is 1.34. The molecule has 1 aromatic carbocycles. The molecular formula is C10H10F2O3. The van der Waals surface area contributed by atoms with Crippen LogP contribution in [0.4, 0.5) is 8.78 Å². The van der Waals surface area contributed by atoms with Crippen molar-refractivity contribution in [3.8, 4) is 5.75 Å². The van der Waals surface area contributed by atoms with E-state index in [9.17, 15) is 13.6 Å². The number of benzene rings is 1. The Morgan fingerprint density at radius 1 is 1.47 bits per heavy atom. The summed E-state index contributed by atoms with van der Waals surface area (Å²) < 4.78 is 31.2. The summed E-state index contributed by atoms with van der Waals surface area (Å²) in [6, 6.07) is 3.90. The zero-order valence-corrected chi connectivity index (χ0v) is 8.25. The summed E-state index contributed by atoms with van der Waals surface area (Å²) in [5.41, 5.74) is -0.415. The molecule has 5 heteroatoms. The molecule has 1 rings (SSSR count). The molecule has 0 aliphatic carbocycles. The molecule has 82 valence electrons. The monoisotopic (exact) mass is 216 g/mol. The Balaban J connectivity index is 3.32. The molecule has 0 saturated carbocycles. The van der Waals surface area contributed by atoms with Crippen molar-refractivity contribution in [1.82, 2.24) is 0 Å². The van der Waals surface area contributed by atoms with E-state index in [4.69, 9.17) is 9.84 Å². The van der Waals surface area contributed by atoms with Gasteiger partial charge in [0.05, 0.1) is 7.11 Å². The molecule has 0 fully saturated rings. The highest BCUT2D eigenvalue weighted by Crippen LogP contribution is 2.34. The normalized spacial score (nSPS) is 11.2. The zero-order valence-electron chi connectivity index (χ0n) is 8.25. The smallest absolute Gasteiger partial charge is 0.379 e. The van der Waals surface area contributed by atoms with Crippen LogP contribution >= 0.6 is 0 Å². The lowest BCUT2D eigenvalue weighted by Crippen LogP contribution is -2.26. The van der Waals surface area contributed by atoms with Crippen molar-refractivity contribution in [2.75, 3.05) is 7.11 Å². The number of hydrogen-bond acceptors (Lipinski definition) is 2. The Morgan fingerprint density at radius 2 is 2.07 bits per heavy atom. The molecule has 0 aliphatic rings. The van der Waals surface area contributed by atoms with Gasteiger partial charge in [-0.2, -0.15) is 8.78 Å². The summed E-state index contributed by atoms with van der Waals surface area (Å²) in [6.07, 6.45) is 0. The number of ether oxygens (including phenoxy) is 1. The Hall–Kier alpha value is -1.65. The first-order valence-electron chi connectivity index (χ1n) is 4.16. The van der Waals surface area contributed by atoms with Crippen molar-refractivity contribution >= 4 is 5.97 Å². The molecule has 0 amide bonds. The van der Waals surface area contributed by atoms with Gasteiger partial charge in [-0.05, 0) is 13.0 Å². The molecule has 0 aromatic heterocycles. The summed E-state index contributed by atoms with van der Waals surface area (Å²) in [5.74, 6) is -5.81. The minimum absolute atomic E-state index is 0.132. The van der Waals surface area contributed by atoms with E-state index >= 15 is 0 Å². The van der Waals surface area contributed by atoms with Gasteiger partial charge in [0.2, 0.25) is 0 Å². The molecule has 15 heavy (non-hydrogen) atoms. The lowest BCUT2D eigenvalue weighted by Gasteiger charge is -2.15. The van der Waals surface area contributed by atoms with E-state index in [1.165, 1.54) is 26.2 Å². The second-order valence-corrected chi connectivity index (χ2v) is 3.01. The Labute approximate surface area is 85.3 Å². The Morgan fingerprint density at radius 3 is 2.53 bits per heavy atom. The summed E-state index contributed by atoms with van der Waals surface area (Å²) in [6.45, 7) is 1.39. The zero-order chi connectivity index (χ0) is 11.6. The summed E-state index contributed by atoms with van der Waals surface area (Å²) in [4.78, 5) is 10.4. The van der Waals surface area contributed by atoms with Crippen molar-refractivity contribution in [3.05, 3.63) is 29.3 Å². The number of carboxylic acid groups (broad SMARTS) is 1. The average Bonchev–Trinajstić information content (AvgIpc) is 2.17. The maximum atomic E-state index is 13.2. The Kier molecular flexibility index (Phi) is 2.93. The van der Waals surface area contributed by atoms with Crippen LogP contribution in [0.5, 0.6) is 5.75 Å². The van der Waals surface area contributed by atoms with Crippen molar-refractivity contribution in [1.29, 1.82) is 0 Å². The van der Waals surface area contributed by atoms with E-state index in [0.717, 1.165) is 6.07 Å². The molecule has 0 bridgehead atoms. The molecule has 0 atom stereocenters. The first-order valence-corrected chi connectivity index (χ1v) is 4.16. The first kappa shape index (κ1) is 11.4. The van der Waals surface area contributed by atoms with E-state index in [2.05, 4.69) is 0 Å². The van der Waals surface area contributed by atoms with Crippen molar-refractivity contribution in [2.45, 2.75) is 12.8 Å². The minimum atomic E-state index is -3.89. The van der Waals surface area contributed by atoms with Crippen LogP contribution in [-0.2, 0) is 10.7 Å². The molecular weight excluding hydrogens is 206 g/mol. The maximum Gasteiger partial charge on any atom is 0.379 e. The van der Waals surface area contributed by atoms with Gasteiger partial charge < -0.3 is 9.84 Å². The Bertz CT molecular complexity index is 388. The van der Waals surface area contributed by atoms with Gasteiger partial charge in [0, 0.05) is 11.1 Å². The SMILES string of the molecule is COc1cccc(C(F)(F)C(=O)O)c1C. The average molecular weight is 216 g/mol. The van der Waals surface area contributed by atoms with Crippen LogP contribution in [0.3, 0.4) is 0 Å². The van der Waals surface area contributed by atoms with Crippen LogP contribution in [-0.4, -0.2) is 18.2 Å². The molecule has 0 radical (unpaired) electrons. The molecule has 1 N–H and O–H groups in total. The van der Waals surface area contributed by atoms with Crippen LogP contribution in [0.25, 0.3) is 0 Å². The number of aliphatic carboxylic acids is 1. The van der Waals surface area contributed by atoms with Crippen LogP contribution in [0.1, 0.15) is 11.1 Å². The molecule has 1 aromatic rings. The maximum absolute atomic E-state index is 13.2. The number of methoxy groups -OCH3 is 1. The van der Waals surface area contributed by atoms with Crippen LogP contribution < -0.4 is 4.74 Å². The minimum Gasteiger partial charge on any atom is -0.496 e. The summed E-state index contributed by atoms with van der Waals surface area (Å²) in [5, 5.41) is 8.39. The topological polar surface area (TPSA) is 46.5 Å². The van der Waals surface area contributed by atoms with Gasteiger partial charge in [0.1, 0.15) is 5.75 Å². The predicted molar refractivity (Wildman–Crippen MR) is 49.3 cm³/mol. The molecule has 0 spiro atoms. The second-order valence-electron chi connectivity index (χ2n) is 3.01. The van der Waals surface area contributed by atoms with Gasteiger partial charge in [-0.3, -0.25) is 0 Å². The number of carbonyl (C=O) groups is 1. The fourth-order valence-corrected chi connectivity index (χ4v) is 1.29. The van der Waals surface area contributed by atoms with Gasteiger partial charge >= 0.3 is 11.9 Å². The fourth-order valence-electron chi connectivity index (χ4n) is 1.29. The molecule has 3 nitrogen and oxygen atoms in total. The summed E-state index contributed by atoms with van der Waals surface area (Å²) >= 11 is 0. The van der Waals surface area contributed by atoms with E-state index < -0.39 is 17.5 Å². The second kappa shape index (κ2) is 3.84. The van der Waals surface area contributed by atoms with Gasteiger partial charge in [-0.1, -0.05) is 12.1 Å². The standard InChI is InChI=1S/C10H10F2O3/c1-6-7(10(11,12)9(13)14)4-3-5-8(6)15-2/h3-5H,1-2H3,(H,13,14). The van der Waals surface area contributed by atoms with Crippen LogP contribution in [0.2, 0.25) is 0 Å². The van der Waals surface area contributed by atoms with Gasteiger partial charge in [-0.25, -0.2) is 4.79 Å². The van der Waals surface area contributed by atoms with Crippen LogP contribution in [0.15, 0.2) is 18.2 Å². The first-order chi connectivity index (χ1) is 6.91. The van der Waals surface area contributed by atoms with Crippen molar-refractivity contribution in [2.24, 2.45) is 0 Å². The number of halogens is 2. The number of rotatable bonds is 3. The molecule has 0 aliphatic heterocycles. The van der Waals surface area contributed by atoms with Gasteiger partial charge in [0.15, 0.2) is 0 Å². The number of carboxylic acids is 1. The highest BCUT2D eigenvalue weighted by atomic mass is 19.3. The quantitative estimate of drug-likeness (QED) is 0.842. The number of alkyl halides is 2. The van der Waals surface area contributed by atoms with E-state index in [1.807, 2.05) is 0 Å². The molecule has 0 heterocycles. The van der Waals surface area contributed by atoms with E-state index in [1.54, 1.807) is 0 Å². The fraction of sp³-hybridized carbons (Fsp3) is 0.300. The highest BCUT2D eigenvalue weighted by molar-refractivity contribution is 5.78. The lowest BCUT2D eigenvalue weighted by atomic mass is 10.0. The van der Waals surface area contributed by atoms with Gasteiger partial charge in [0.25, 0.3) is 0 Å². The van der Waals surface area contributed by atoms with Crippen molar-refractivity contribution in [3.63, 3.8) is 0 Å². The van der Waals surface area contributed by atoms with Crippen molar-refractivity contribution < 1.29 is 23.4 Å². The largest absolute Gasteiger partial charge is 0.496 e. The predicted octanol–water partition coefficient (Wildman–Crippen LogP) is 2.18. The third-order valence-electron chi connectivity index (χ3n) is 2.11. The van der Waals surface area contributed by atoms with E-state index in [0.29, 0.717) is 0 Å². The van der Waals surface area contributed by atoms with Crippen LogP contribution in [0, 0.1) is 6.92 Å². The third-order valence-corrected chi connectivity index (χ3v) is 2.11. The molecule has 0 unspecified atom stereocenters. The van der Waals surface area contributed by atoms with E-state index in [-0.39, 0.29) is 11.3 Å². The molecule has 0 saturated heterocycles.